The highest BCUT2D eigenvalue weighted by molar-refractivity contribution is 7.86. The molecule has 128 valence electrons. The standard InChI is InChI=1S/C13H23NO7S/c1-8(15)19-11-7-9(21-22(5,17)18)6-10(11)14-12(16)20-13(2,3)4/h9-11H,6-7H2,1-5H3,(H,14,16). The van der Waals surface area contributed by atoms with Gasteiger partial charge in [0.2, 0.25) is 0 Å². The van der Waals surface area contributed by atoms with Crippen molar-refractivity contribution in [3.05, 3.63) is 0 Å². The van der Waals surface area contributed by atoms with Crippen molar-refractivity contribution in [2.45, 2.75) is 64.4 Å². The molecule has 1 amide bonds. The monoisotopic (exact) mass is 337 g/mol. The van der Waals surface area contributed by atoms with Crippen LogP contribution in [0, 0.1) is 0 Å². The van der Waals surface area contributed by atoms with Gasteiger partial charge in [-0.3, -0.25) is 8.98 Å². The normalized spacial score (nSPS) is 25.6. The summed E-state index contributed by atoms with van der Waals surface area (Å²) < 4.78 is 37.5. The van der Waals surface area contributed by atoms with Gasteiger partial charge in [0.25, 0.3) is 10.1 Å². The lowest BCUT2D eigenvalue weighted by molar-refractivity contribution is -0.147. The Kier molecular flexibility index (Phi) is 5.80. The van der Waals surface area contributed by atoms with Crippen LogP contribution in [0.1, 0.15) is 40.5 Å². The molecule has 0 aromatic rings. The minimum absolute atomic E-state index is 0.188. The highest BCUT2D eigenvalue weighted by Gasteiger charge is 2.40. The molecule has 9 heteroatoms. The molecule has 1 aliphatic carbocycles. The van der Waals surface area contributed by atoms with E-state index in [0.29, 0.717) is 0 Å². The molecule has 1 N–H and O–H groups in total. The number of rotatable bonds is 4. The van der Waals surface area contributed by atoms with Gasteiger partial charge in [0, 0.05) is 13.3 Å². The van der Waals surface area contributed by atoms with Gasteiger partial charge in [0.15, 0.2) is 0 Å². The lowest BCUT2D eigenvalue weighted by atomic mass is 10.2. The molecule has 8 nitrogen and oxygen atoms in total. The second-order valence-corrected chi connectivity index (χ2v) is 7.90. The smallest absolute Gasteiger partial charge is 0.408 e. The maximum atomic E-state index is 11.8. The van der Waals surface area contributed by atoms with Crippen LogP contribution in [0.4, 0.5) is 4.79 Å². The fraction of sp³-hybridized carbons (Fsp3) is 0.846. The number of hydrogen-bond donors (Lipinski definition) is 1. The number of alkyl carbamates (subject to hydrolysis) is 1. The summed E-state index contributed by atoms with van der Waals surface area (Å²) in [6.07, 6.45) is -0.620. The fourth-order valence-corrected chi connectivity index (χ4v) is 2.89. The van der Waals surface area contributed by atoms with Crippen molar-refractivity contribution in [2.75, 3.05) is 6.26 Å². The first-order valence-corrected chi connectivity index (χ1v) is 8.72. The summed E-state index contributed by atoms with van der Waals surface area (Å²) >= 11 is 0. The number of esters is 1. The molecule has 3 unspecified atom stereocenters. The predicted molar refractivity (Wildman–Crippen MR) is 77.7 cm³/mol. The van der Waals surface area contributed by atoms with E-state index in [4.69, 9.17) is 13.7 Å². The third-order valence-electron chi connectivity index (χ3n) is 2.79. The van der Waals surface area contributed by atoms with Crippen molar-refractivity contribution < 1.29 is 31.7 Å². The van der Waals surface area contributed by atoms with Crippen LogP contribution in [0.2, 0.25) is 0 Å². The Morgan fingerprint density at radius 2 is 1.77 bits per heavy atom. The number of carbonyl (C=O) groups is 2. The Balaban J connectivity index is 2.71. The zero-order valence-corrected chi connectivity index (χ0v) is 14.2. The van der Waals surface area contributed by atoms with Gasteiger partial charge in [-0.15, -0.1) is 0 Å². The number of ether oxygens (including phenoxy) is 2. The first-order valence-electron chi connectivity index (χ1n) is 6.91. The van der Waals surface area contributed by atoms with Crippen LogP contribution in [-0.2, 0) is 28.6 Å². The Morgan fingerprint density at radius 3 is 2.23 bits per heavy atom. The number of hydrogen-bond acceptors (Lipinski definition) is 7. The summed E-state index contributed by atoms with van der Waals surface area (Å²) in [7, 11) is -3.62. The van der Waals surface area contributed by atoms with E-state index in [-0.39, 0.29) is 12.8 Å². The molecule has 0 aliphatic heterocycles. The molecule has 1 fully saturated rings. The van der Waals surface area contributed by atoms with Crippen molar-refractivity contribution in [2.24, 2.45) is 0 Å². The summed E-state index contributed by atoms with van der Waals surface area (Å²) in [6.45, 7) is 6.41. The van der Waals surface area contributed by atoms with E-state index in [1.54, 1.807) is 20.8 Å². The SMILES string of the molecule is CC(=O)OC1CC(OS(C)(=O)=O)CC1NC(=O)OC(C)(C)C. The molecule has 0 bridgehead atoms. The number of nitrogens with one attached hydrogen (secondary N) is 1. The van der Waals surface area contributed by atoms with Gasteiger partial charge in [0.1, 0.15) is 11.7 Å². The first kappa shape index (κ1) is 18.7. The number of carbonyl (C=O) groups excluding carboxylic acids is 2. The van der Waals surface area contributed by atoms with E-state index in [1.807, 2.05) is 0 Å². The van der Waals surface area contributed by atoms with Crippen LogP contribution in [0.5, 0.6) is 0 Å². The zero-order chi connectivity index (χ0) is 17.1. The van der Waals surface area contributed by atoms with Crippen molar-refractivity contribution in [3.63, 3.8) is 0 Å². The molecule has 1 saturated carbocycles. The Bertz CT molecular complexity index is 523. The summed E-state index contributed by atoms with van der Waals surface area (Å²) in [5, 5.41) is 2.59. The van der Waals surface area contributed by atoms with E-state index in [1.165, 1.54) is 6.92 Å². The molecule has 1 rings (SSSR count). The molecule has 22 heavy (non-hydrogen) atoms. The summed E-state index contributed by atoms with van der Waals surface area (Å²) in [5.74, 6) is -0.513. The van der Waals surface area contributed by atoms with Crippen molar-refractivity contribution in [1.82, 2.24) is 5.32 Å². The molecule has 0 spiro atoms. The maximum absolute atomic E-state index is 11.8. The van der Waals surface area contributed by atoms with Crippen LogP contribution >= 0.6 is 0 Å². The van der Waals surface area contributed by atoms with E-state index in [9.17, 15) is 18.0 Å². The highest BCUT2D eigenvalue weighted by Crippen LogP contribution is 2.27. The van der Waals surface area contributed by atoms with Crippen molar-refractivity contribution in [3.8, 4) is 0 Å². The second-order valence-electron chi connectivity index (χ2n) is 6.29. The molecular weight excluding hydrogens is 314 g/mol. The highest BCUT2D eigenvalue weighted by atomic mass is 32.2. The molecule has 1 aliphatic rings. The van der Waals surface area contributed by atoms with Gasteiger partial charge >= 0.3 is 12.1 Å². The Hall–Kier alpha value is -1.35. The van der Waals surface area contributed by atoms with E-state index in [0.717, 1.165) is 6.26 Å². The summed E-state index contributed by atoms with van der Waals surface area (Å²) in [5.41, 5.74) is -0.664. The average Bonchev–Trinajstić information content (AvgIpc) is 2.52. The quantitative estimate of drug-likeness (QED) is 0.601. The minimum Gasteiger partial charge on any atom is -0.460 e. The Morgan fingerprint density at radius 1 is 1.18 bits per heavy atom. The first-order chi connectivity index (χ1) is 9.85. The molecule has 0 heterocycles. The molecule has 0 saturated heterocycles. The summed E-state index contributed by atoms with van der Waals surface area (Å²) in [4.78, 5) is 22.9. The van der Waals surface area contributed by atoms with E-state index in [2.05, 4.69) is 5.32 Å². The van der Waals surface area contributed by atoms with Gasteiger partial charge < -0.3 is 14.8 Å². The lowest BCUT2D eigenvalue weighted by Gasteiger charge is -2.24. The lowest BCUT2D eigenvalue weighted by Crippen LogP contribution is -2.44. The third kappa shape index (κ3) is 7.08. The zero-order valence-electron chi connectivity index (χ0n) is 13.4. The van der Waals surface area contributed by atoms with Crippen LogP contribution in [0.25, 0.3) is 0 Å². The Labute approximate surface area is 130 Å². The van der Waals surface area contributed by atoms with Crippen LogP contribution < -0.4 is 5.32 Å². The molecule has 0 aromatic heterocycles. The van der Waals surface area contributed by atoms with Crippen molar-refractivity contribution >= 4 is 22.2 Å². The van der Waals surface area contributed by atoms with Gasteiger partial charge in [-0.1, -0.05) is 0 Å². The second kappa shape index (κ2) is 6.82. The van der Waals surface area contributed by atoms with Crippen LogP contribution in [0.3, 0.4) is 0 Å². The minimum atomic E-state index is -3.62. The van der Waals surface area contributed by atoms with Gasteiger partial charge in [-0.05, 0) is 27.2 Å². The van der Waals surface area contributed by atoms with Gasteiger partial charge in [0.05, 0.1) is 18.4 Å². The maximum Gasteiger partial charge on any atom is 0.408 e. The molecule has 0 aromatic carbocycles. The van der Waals surface area contributed by atoms with Crippen LogP contribution in [-0.4, -0.2) is 50.6 Å². The molecule has 0 radical (unpaired) electrons. The van der Waals surface area contributed by atoms with Crippen LogP contribution in [0.15, 0.2) is 0 Å². The predicted octanol–water partition coefficient (Wildman–Crippen LogP) is 0.950. The van der Waals surface area contributed by atoms with Gasteiger partial charge in [-0.2, -0.15) is 8.42 Å². The number of amides is 1. The average molecular weight is 337 g/mol. The van der Waals surface area contributed by atoms with Gasteiger partial charge in [-0.25, -0.2) is 4.79 Å². The van der Waals surface area contributed by atoms with E-state index >= 15 is 0 Å². The third-order valence-corrected chi connectivity index (χ3v) is 3.41. The fourth-order valence-electron chi connectivity index (χ4n) is 2.23. The van der Waals surface area contributed by atoms with E-state index < -0.39 is 46.0 Å². The topological polar surface area (TPSA) is 108 Å². The summed E-state index contributed by atoms with van der Waals surface area (Å²) in [6, 6.07) is -0.564. The molecular formula is C13H23NO7S. The van der Waals surface area contributed by atoms with Crippen molar-refractivity contribution in [1.29, 1.82) is 0 Å². The largest absolute Gasteiger partial charge is 0.460 e. The molecule has 3 atom stereocenters.